The molecule has 0 aliphatic carbocycles. The Kier molecular flexibility index (Phi) is 4.81. The van der Waals surface area contributed by atoms with E-state index in [1.807, 2.05) is 12.1 Å². The predicted octanol–water partition coefficient (Wildman–Crippen LogP) is 2.36. The molecule has 1 atom stereocenters. The van der Waals surface area contributed by atoms with Gasteiger partial charge in [0.25, 0.3) is 0 Å². The third kappa shape index (κ3) is 3.32. The highest BCUT2D eigenvalue weighted by atomic mass is 32.1. The highest BCUT2D eigenvalue weighted by Gasteiger charge is 2.33. The highest BCUT2D eigenvalue weighted by molar-refractivity contribution is 7.17. The van der Waals surface area contributed by atoms with Crippen LogP contribution in [0.4, 0.5) is 4.79 Å². The van der Waals surface area contributed by atoms with Crippen molar-refractivity contribution in [2.45, 2.75) is 25.3 Å². The van der Waals surface area contributed by atoms with Crippen LogP contribution >= 0.6 is 11.3 Å². The van der Waals surface area contributed by atoms with Crippen LogP contribution in [-0.2, 0) is 11.2 Å². The van der Waals surface area contributed by atoms with E-state index in [-0.39, 0.29) is 18.0 Å². The first kappa shape index (κ1) is 15.8. The molecule has 6 heteroatoms. The van der Waals surface area contributed by atoms with Gasteiger partial charge in [0.15, 0.2) is 0 Å². The molecule has 23 heavy (non-hydrogen) atoms. The van der Waals surface area contributed by atoms with E-state index in [1.54, 1.807) is 23.3 Å². The summed E-state index contributed by atoms with van der Waals surface area (Å²) in [5.74, 6) is -0.0820. The molecule has 1 aromatic carbocycles. The van der Waals surface area contributed by atoms with Gasteiger partial charge in [0.1, 0.15) is 6.04 Å². The minimum absolute atomic E-state index is 0.0820. The summed E-state index contributed by atoms with van der Waals surface area (Å²) in [4.78, 5) is 25.8. The number of benzene rings is 1. The Labute approximate surface area is 139 Å². The van der Waals surface area contributed by atoms with Gasteiger partial charge in [0.05, 0.1) is 0 Å². The normalized spacial score (nSPS) is 17.4. The topological polar surface area (TPSA) is 61.4 Å². The Bertz CT molecular complexity index is 713. The fourth-order valence-corrected chi connectivity index (χ4v) is 4.08. The van der Waals surface area contributed by atoms with Crippen molar-refractivity contribution in [3.63, 3.8) is 0 Å². The van der Waals surface area contributed by atoms with Gasteiger partial charge in [-0.25, -0.2) is 4.79 Å². The van der Waals surface area contributed by atoms with E-state index in [9.17, 15) is 9.59 Å². The van der Waals surface area contributed by atoms with Crippen molar-refractivity contribution in [3.05, 3.63) is 35.2 Å². The molecule has 0 saturated carbocycles. The van der Waals surface area contributed by atoms with E-state index < -0.39 is 0 Å². The Morgan fingerprint density at radius 1 is 1.35 bits per heavy atom. The summed E-state index contributed by atoms with van der Waals surface area (Å²) in [5.41, 5.74) is 1.26. The van der Waals surface area contributed by atoms with Gasteiger partial charge in [-0.05, 0) is 41.7 Å². The molecular weight excluding hydrogens is 310 g/mol. The van der Waals surface area contributed by atoms with Gasteiger partial charge in [-0.2, -0.15) is 0 Å². The number of likely N-dealkylation sites (N-methyl/N-ethyl adjacent to an activating group) is 1. The molecule has 2 aromatic rings. The number of urea groups is 1. The first-order valence-corrected chi connectivity index (χ1v) is 8.80. The molecule has 0 radical (unpaired) electrons. The molecule has 1 fully saturated rings. The molecule has 2 heterocycles. The Hall–Kier alpha value is -2.08. The van der Waals surface area contributed by atoms with Gasteiger partial charge < -0.3 is 15.5 Å². The summed E-state index contributed by atoms with van der Waals surface area (Å²) in [6, 6.07) is 7.83. The molecule has 1 aliphatic rings. The quantitative estimate of drug-likeness (QED) is 0.903. The lowest BCUT2D eigenvalue weighted by Crippen LogP contribution is -2.49. The van der Waals surface area contributed by atoms with Gasteiger partial charge in [-0.15, -0.1) is 11.3 Å². The molecule has 1 aromatic heterocycles. The Morgan fingerprint density at radius 3 is 3.00 bits per heavy atom. The zero-order valence-electron chi connectivity index (χ0n) is 13.2. The van der Waals surface area contributed by atoms with E-state index in [1.165, 1.54) is 15.6 Å². The smallest absolute Gasteiger partial charge is 0.318 e. The van der Waals surface area contributed by atoms with Crippen LogP contribution in [0.25, 0.3) is 10.1 Å². The minimum atomic E-state index is -0.332. The maximum Gasteiger partial charge on any atom is 0.318 e. The van der Waals surface area contributed by atoms with Crippen LogP contribution in [0.5, 0.6) is 0 Å². The third-order valence-electron chi connectivity index (χ3n) is 4.29. The maximum absolute atomic E-state index is 12.3. The number of nitrogens with zero attached hydrogens (tertiary/aromatic N) is 1. The van der Waals surface area contributed by atoms with Crippen LogP contribution in [0.1, 0.15) is 18.4 Å². The van der Waals surface area contributed by atoms with E-state index in [0.29, 0.717) is 13.1 Å². The number of rotatable bonds is 4. The highest BCUT2D eigenvalue weighted by Crippen LogP contribution is 2.25. The number of nitrogens with one attached hydrogen (secondary N) is 2. The van der Waals surface area contributed by atoms with E-state index >= 15 is 0 Å². The van der Waals surface area contributed by atoms with E-state index in [0.717, 1.165) is 19.3 Å². The summed E-state index contributed by atoms with van der Waals surface area (Å²) >= 11 is 1.73. The predicted molar refractivity (Wildman–Crippen MR) is 92.7 cm³/mol. The van der Waals surface area contributed by atoms with Crippen LogP contribution in [0.15, 0.2) is 29.6 Å². The number of hydrogen-bond donors (Lipinski definition) is 2. The van der Waals surface area contributed by atoms with Crippen molar-refractivity contribution < 1.29 is 9.59 Å². The standard InChI is InChI=1S/C17H21N3O2S/c1-18-16(21)14-6-4-10-20(14)17(22)19-9-8-12-11-23-15-7-3-2-5-13(12)15/h2-3,5,7,11,14H,4,6,8-10H2,1H3,(H,18,21)(H,19,22). The van der Waals surface area contributed by atoms with Gasteiger partial charge in [0.2, 0.25) is 5.91 Å². The number of fused-ring (bicyclic) bond motifs is 1. The first-order valence-electron chi connectivity index (χ1n) is 7.92. The van der Waals surface area contributed by atoms with Gasteiger partial charge in [-0.1, -0.05) is 18.2 Å². The average molecular weight is 331 g/mol. The molecular formula is C17H21N3O2S. The summed E-state index contributed by atoms with van der Waals surface area (Å²) in [6.07, 6.45) is 2.41. The van der Waals surface area contributed by atoms with Crippen molar-refractivity contribution in [3.8, 4) is 0 Å². The van der Waals surface area contributed by atoms with Gasteiger partial charge in [0, 0.05) is 24.8 Å². The molecule has 3 rings (SSSR count). The molecule has 122 valence electrons. The van der Waals surface area contributed by atoms with Crippen molar-refractivity contribution in [2.75, 3.05) is 20.1 Å². The molecule has 1 saturated heterocycles. The van der Waals surface area contributed by atoms with Gasteiger partial charge >= 0.3 is 6.03 Å². The zero-order valence-corrected chi connectivity index (χ0v) is 14.0. The van der Waals surface area contributed by atoms with Gasteiger partial charge in [-0.3, -0.25) is 4.79 Å². The molecule has 1 aliphatic heterocycles. The number of thiophene rings is 1. The summed E-state index contributed by atoms with van der Waals surface area (Å²) in [6.45, 7) is 1.22. The number of carbonyl (C=O) groups excluding carboxylic acids is 2. The fourth-order valence-electron chi connectivity index (χ4n) is 3.08. The Morgan fingerprint density at radius 2 is 2.17 bits per heavy atom. The molecule has 3 amide bonds. The average Bonchev–Trinajstić information content (AvgIpc) is 3.21. The van der Waals surface area contributed by atoms with Crippen molar-refractivity contribution >= 4 is 33.4 Å². The molecule has 0 bridgehead atoms. The minimum Gasteiger partial charge on any atom is -0.357 e. The van der Waals surface area contributed by atoms with Crippen molar-refractivity contribution in [2.24, 2.45) is 0 Å². The summed E-state index contributed by atoms with van der Waals surface area (Å²) in [7, 11) is 1.61. The van der Waals surface area contributed by atoms with Crippen LogP contribution in [0, 0.1) is 0 Å². The maximum atomic E-state index is 12.3. The lowest BCUT2D eigenvalue weighted by molar-refractivity contribution is -0.124. The molecule has 5 nitrogen and oxygen atoms in total. The zero-order chi connectivity index (χ0) is 16.2. The fraction of sp³-hybridized carbons (Fsp3) is 0.412. The van der Waals surface area contributed by atoms with Crippen molar-refractivity contribution in [1.29, 1.82) is 0 Å². The van der Waals surface area contributed by atoms with E-state index in [4.69, 9.17) is 0 Å². The molecule has 0 spiro atoms. The Balaban J connectivity index is 1.56. The van der Waals surface area contributed by atoms with E-state index in [2.05, 4.69) is 28.1 Å². The van der Waals surface area contributed by atoms with Crippen LogP contribution in [0.3, 0.4) is 0 Å². The second-order valence-corrected chi connectivity index (χ2v) is 6.62. The molecule has 2 N–H and O–H groups in total. The number of likely N-dealkylation sites (tertiary alicyclic amines) is 1. The third-order valence-corrected chi connectivity index (χ3v) is 5.31. The van der Waals surface area contributed by atoms with Crippen molar-refractivity contribution in [1.82, 2.24) is 15.5 Å². The SMILES string of the molecule is CNC(=O)C1CCCN1C(=O)NCCc1csc2ccccc12. The second-order valence-electron chi connectivity index (χ2n) is 5.70. The number of amides is 3. The van der Waals surface area contributed by atoms with Crippen LogP contribution in [-0.4, -0.2) is 43.0 Å². The lowest BCUT2D eigenvalue weighted by atomic mass is 10.1. The lowest BCUT2D eigenvalue weighted by Gasteiger charge is -2.23. The largest absolute Gasteiger partial charge is 0.357 e. The number of carbonyl (C=O) groups is 2. The van der Waals surface area contributed by atoms with Crippen LogP contribution in [0.2, 0.25) is 0 Å². The monoisotopic (exact) mass is 331 g/mol. The second kappa shape index (κ2) is 7.00. The number of hydrogen-bond acceptors (Lipinski definition) is 3. The summed E-state index contributed by atoms with van der Waals surface area (Å²) in [5, 5.41) is 8.99. The first-order chi connectivity index (χ1) is 11.2. The van der Waals surface area contributed by atoms with Crippen LogP contribution < -0.4 is 10.6 Å². The molecule has 1 unspecified atom stereocenters. The summed E-state index contributed by atoms with van der Waals surface area (Å²) < 4.78 is 1.27.